The summed E-state index contributed by atoms with van der Waals surface area (Å²) in [4.78, 5) is 24.3. The number of likely N-dealkylation sites (N-methyl/N-ethyl adjacent to an activating group) is 1. The zero-order valence-electron chi connectivity index (χ0n) is 9.44. The molecule has 1 aliphatic heterocycles. The summed E-state index contributed by atoms with van der Waals surface area (Å²) in [7, 11) is 0. The fraction of sp³-hybridized carbons (Fsp3) is 0.800. The summed E-state index contributed by atoms with van der Waals surface area (Å²) in [6.07, 6.45) is 1.53. The van der Waals surface area contributed by atoms with Crippen LogP contribution in [0.15, 0.2) is 0 Å². The zero-order valence-corrected chi connectivity index (χ0v) is 9.44. The average molecular weight is 230 g/mol. The van der Waals surface area contributed by atoms with E-state index >= 15 is 0 Å². The monoisotopic (exact) mass is 230 g/mol. The Bertz CT molecular complexity index is 282. The molecule has 0 radical (unpaired) electrons. The Labute approximate surface area is 94.3 Å². The van der Waals surface area contributed by atoms with Gasteiger partial charge in [-0.3, -0.25) is 4.79 Å². The van der Waals surface area contributed by atoms with E-state index in [1.165, 1.54) is 0 Å². The molecule has 1 rings (SSSR count). The first kappa shape index (κ1) is 12.9. The van der Waals surface area contributed by atoms with Crippen molar-refractivity contribution in [3.8, 4) is 0 Å². The van der Waals surface area contributed by atoms with Gasteiger partial charge in [-0.05, 0) is 19.8 Å². The number of hydrogen-bond acceptors (Lipinski definition) is 5. The minimum Gasteiger partial charge on any atom is -0.462 e. The van der Waals surface area contributed by atoms with E-state index in [0.29, 0.717) is 12.8 Å². The minimum absolute atomic E-state index is 0.200. The second kappa shape index (κ2) is 5.27. The summed E-state index contributed by atoms with van der Waals surface area (Å²) < 4.78 is 4.87. The number of esters is 1. The lowest BCUT2D eigenvalue weighted by atomic mass is 10.0. The summed E-state index contributed by atoms with van der Waals surface area (Å²) in [5, 5.41) is 10.3. The molecule has 16 heavy (non-hydrogen) atoms. The van der Waals surface area contributed by atoms with Crippen LogP contribution in [0, 0.1) is 0 Å². The number of ether oxygens (including phenoxy) is 1. The number of rotatable bonds is 3. The van der Waals surface area contributed by atoms with E-state index in [4.69, 9.17) is 10.5 Å². The average Bonchev–Trinajstić information content (AvgIpc) is 2.43. The molecule has 1 saturated heterocycles. The Hall–Kier alpha value is -1.14. The predicted octanol–water partition coefficient (Wildman–Crippen LogP) is -0.791. The van der Waals surface area contributed by atoms with Crippen molar-refractivity contribution in [1.82, 2.24) is 4.90 Å². The normalized spacial score (nSPS) is 25.8. The molecule has 1 heterocycles. The molecule has 1 amide bonds. The van der Waals surface area contributed by atoms with Gasteiger partial charge in [-0.2, -0.15) is 0 Å². The van der Waals surface area contributed by atoms with Crippen LogP contribution >= 0.6 is 0 Å². The summed E-state index contributed by atoms with van der Waals surface area (Å²) in [5.41, 5.74) is 3.40. The quantitative estimate of drug-likeness (QED) is 0.489. The van der Waals surface area contributed by atoms with Gasteiger partial charge in [0, 0.05) is 13.0 Å². The Kier molecular flexibility index (Phi) is 4.26. The third-order valence-electron chi connectivity index (χ3n) is 2.72. The molecular weight excluding hydrogens is 212 g/mol. The second-order valence-corrected chi connectivity index (χ2v) is 3.75. The highest BCUT2D eigenvalue weighted by Crippen LogP contribution is 2.24. The second-order valence-electron chi connectivity index (χ2n) is 3.75. The van der Waals surface area contributed by atoms with E-state index in [0.717, 1.165) is 4.90 Å². The summed E-state index contributed by atoms with van der Waals surface area (Å²) in [6.45, 7) is 1.96. The molecular formula is C10H18N2O4. The van der Waals surface area contributed by atoms with Crippen LogP contribution in [0.1, 0.15) is 26.2 Å². The van der Waals surface area contributed by atoms with Crippen molar-refractivity contribution < 1.29 is 19.4 Å². The molecule has 1 atom stereocenters. The lowest BCUT2D eigenvalue weighted by Gasteiger charge is -2.35. The first-order valence-electron chi connectivity index (χ1n) is 5.46. The first-order valence-corrected chi connectivity index (χ1v) is 5.46. The number of carbonyl (C=O) groups is 2. The van der Waals surface area contributed by atoms with E-state index < -0.39 is 17.6 Å². The Balaban J connectivity index is 2.93. The Morgan fingerprint density at radius 2 is 2.31 bits per heavy atom. The van der Waals surface area contributed by atoms with Crippen LogP contribution in [-0.2, 0) is 14.3 Å². The van der Waals surface area contributed by atoms with Crippen LogP contribution in [0.3, 0.4) is 0 Å². The fourth-order valence-corrected chi connectivity index (χ4v) is 1.86. The van der Waals surface area contributed by atoms with Crippen LogP contribution in [0.2, 0.25) is 0 Å². The molecule has 0 saturated carbocycles. The molecule has 6 nitrogen and oxygen atoms in total. The van der Waals surface area contributed by atoms with Gasteiger partial charge >= 0.3 is 5.97 Å². The summed E-state index contributed by atoms with van der Waals surface area (Å²) in [6, 6.07) is 0. The number of nitrogens with zero attached hydrogens (tertiary/aromatic N) is 1. The van der Waals surface area contributed by atoms with Crippen molar-refractivity contribution in [3.63, 3.8) is 0 Å². The molecule has 0 aromatic carbocycles. The van der Waals surface area contributed by atoms with Crippen LogP contribution in [0.4, 0.5) is 0 Å². The van der Waals surface area contributed by atoms with Gasteiger partial charge in [-0.1, -0.05) is 0 Å². The zero-order chi connectivity index (χ0) is 12.2. The smallest absolute Gasteiger partial charge is 0.359 e. The minimum atomic E-state index is -1.85. The number of amides is 1. The SMILES string of the molecule is CCN(C(=O)CN)C1(O)CCCCOC1=O. The maximum absolute atomic E-state index is 11.6. The molecule has 6 heteroatoms. The van der Waals surface area contributed by atoms with E-state index in [1.54, 1.807) is 6.92 Å². The molecule has 0 aromatic heterocycles. The number of hydrogen-bond donors (Lipinski definition) is 2. The van der Waals surface area contributed by atoms with Gasteiger partial charge in [-0.25, -0.2) is 4.79 Å². The summed E-state index contributed by atoms with van der Waals surface area (Å²) in [5.74, 6) is -1.21. The molecule has 0 bridgehead atoms. The standard InChI is InChI=1S/C10H18N2O4/c1-2-12(8(13)7-11)10(15)5-3-4-6-16-9(10)14/h15H,2-7,11H2,1H3. The third-order valence-corrected chi connectivity index (χ3v) is 2.72. The molecule has 92 valence electrons. The van der Waals surface area contributed by atoms with E-state index in [1.807, 2.05) is 0 Å². The Morgan fingerprint density at radius 1 is 1.62 bits per heavy atom. The van der Waals surface area contributed by atoms with Crippen molar-refractivity contribution in [2.75, 3.05) is 19.7 Å². The lowest BCUT2D eigenvalue weighted by molar-refractivity contribution is -0.191. The largest absolute Gasteiger partial charge is 0.462 e. The van der Waals surface area contributed by atoms with Crippen molar-refractivity contribution in [2.24, 2.45) is 5.73 Å². The van der Waals surface area contributed by atoms with E-state index in [2.05, 4.69) is 0 Å². The number of carbonyl (C=O) groups excluding carboxylic acids is 2. The van der Waals surface area contributed by atoms with Gasteiger partial charge in [0.2, 0.25) is 11.6 Å². The third kappa shape index (κ3) is 2.33. The lowest BCUT2D eigenvalue weighted by Crippen LogP contribution is -2.58. The summed E-state index contributed by atoms with van der Waals surface area (Å²) >= 11 is 0. The van der Waals surface area contributed by atoms with Crippen LogP contribution in [0.5, 0.6) is 0 Å². The van der Waals surface area contributed by atoms with Gasteiger partial charge in [0.05, 0.1) is 13.2 Å². The van der Waals surface area contributed by atoms with Gasteiger partial charge < -0.3 is 20.5 Å². The van der Waals surface area contributed by atoms with E-state index in [9.17, 15) is 14.7 Å². The number of aliphatic hydroxyl groups is 1. The van der Waals surface area contributed by atoms with Crippen LogP contribution in [0.25, 0.3) is 0 Å². The van der Waals surface area contributed by atoms with Gasteiger partial charge in [-0.15, -0.1) is 0 Å². The highest BCUT2D eigenvalue weighted by atomic mass is 16.6. The maximum atomic E-state index is 11.6. The predicted molar refractivity (Wildman–Crippen MR) is 56.2 cm³/mol. The van der Waals surface area contributed by atoms with Crippen molar-refractivity contribution in [1.29, 1.82) is 0 Å². The molecule has 3 N–H and O–H groups in total. The van der Waals surface area contributed by atoms with Crippen LogP contribution in [-0.4, -0.2) is 47.3 Å². The molecule has 1 unspecified atom stereocenters. The van der Waals surface area contributed by atoms with Gasteiger partial charge in [0.15, 0.2) is 0 Å². The van der Waals surface area contributed by atoms with Gasteiger partial charge in [0.1, 0.15) is 0 Å². The van der Waals surface area contributed by atoms with Gasteiger partial charge in [0.25, 0.3) is 0 Å². The van der Waals surface area contributed by atoms with Crippen LogP contribution < -0.4 is 5.73 Å². The number of nitrogens with two attached hydrogens (primary N) is 1. The highest BCUT2D eigenvalue weighted by Gasteiger charge is 2.45. The first-order chi connectivity index (χ1) is 7.56. The molecule has 1 aliphatic rings. The molecule has 0 aliphatic carbocycles. The highest BCUT2D eigenvalue weighted by molar-refractivity contribution is 5.87. The van der Waals surface area contributed by atoms with Crippen molar-refractivity contribution in [2.45, 2.75) is 31.9 Å². The van der Waals surface area contributed by atoms with E-state index in [-0.39, 0.29) is 26.1 Å². The topological polar surface area (TPSA) is 92.9 Å². The van der Waals surface area contributed by atoms with Crippen molar-refractivity contribution in [3.05, 3.63) is 0 Å². The number of cyclic esters (lactones) is 1. The molecule has 0 aromatic rings. The fourth-order valence-electron chi connectivity index (χ4n) is 1.86. The molecule has 0 spiro atoms. The Morgan fingerprint density at radius 3 is 2.88 bits per heavy atom. The molecule has 1 fully saturated rings. The maximum Gasteiger partial charge on any atom is 0.359 e. The van der Waals surface area contributed by atoms with Crippen molar-refractivity contribution >= 4 is 11.9 Å².